The van der Waals surface area contributed by atoms with Gasteiger partial charge in [0, 0.05) is 30.5 Å². The van der Waals surface area contributed by atoms with Crippen molar-refractivity contribution >= 4 is 17.2 Å². The van der Waals surface area contributed by atoms with Gasteiger partial charge in [-0.15, -0.1) is 0 Å². The molecule has 0 saturated carbocycles. The molecule has 18 heavy (non-hydrogen) atoms. The molecule has 4 heteroatoms. The summed E-state index contributed by atoms with van der Waals surface area (Å²) in [4.78, 5) is 10.8. The molecule has 1 aromatic carbocycles. The van der Waals surface area contributed by atoms with Crippen LogP contribution in [0.3, 0.4) is 0 Å². The van der Waals surface area contributed by atoms with Crippen LogP contribution in [0, 0.1) is 0 Å². The van der Waals surface area contributed by atoms with Gasteiger partial charge in [-0.3, -0.25) is 9.48 Å². The van der Waals surface area contributed by atoms with Crippen LogP contribution in [0.5, 0.6) is 0 Å². The van der Waals surface area contributed by atoms with Gasteiger partial charge in [-0.05, 0) is 23.6 Å². The van der Waals surface area contributed by atoms with Crippen molar-refractivity contribution in [2.45, 2.75) is 6.54 Å². The van der Waals surface area contributed by atoms with Crippen molar-refractivity contribution in [2.75, 3.05) is 0 Å². The highest BCUT2D eigenvalue weighted by molar-refractivity contribution is 5.87. The van der Waals surface area contributed by atoms with E-state index in [1.807, 2.05) is 49.8 Å². The van der Waals surface area contributed by atoms with Crippen molar-refractivity contribution in [3.8, 4) is 0 Å². The van der Waals surface area contributed by atoms with Crippen molar-refractivity contribution in [2.24, 2.45) is 7.05 Å². The third kappa shape index (κ3) is 1.82. The highest BCUT2D eigenvalue weighted by atomic mass is 16.1. The Morgan fingerprint density at radius 3 is 2.83 bits per heavy atom. The van der Waals surface area contributed by atoms with Gasteiger partial charge in [-0.25, -0.2) is 0 Å². The zero-order valence-electron chi connectivity index (χ0n) is 10.1. The molecule has 4 nitrogen and oxygen atoms in total. The highest BCUT2D eigenvalue weighted by Gasteiger charge is 2.04. The third-order valence-electron chi connectivity index (χ3n) is 3.04. The second-order valence-electron chi connectivity index (χ2n) is 4.36. The quantitative estimate of drug-likeness (QED) is 0.657. The lowest BCUT2D eigenvalue weighted by molar-refractivity contribution is 0.112. The molecular weight excluding hydrogens is 226 g/mol. The fourth-order valence-corrected chi connectivity index (χ4v) is 2.13. The molecule has 0 bridgehead atoms. The van der Waals surface area contributed by atoms with Gasteiger partial charge in [0.1, 0.15) is 6.29 Å². The molecule has 90 valence electrons. The van der Waals surface area contributed by atoms with E-state index in [1.165, 1.54) is 0 Å². The minimum absolute atomic E-state index is 0.698. The monoisotopic (exact) mass is 239 g/mol. The number of hydrogen-bond acceptors (Lipinski definition) is 2. The predicted molar refractivity (Wildman–Crippen MR) is 69.6 cm³/mol. The van der Waals surface area contributed by atoms with Crippen LogP contribution in [-0.2, 0) is 13.6 Å². The average Bonchev–Trinajstić information content (AvgIpc) is 2.96. The van der Waals surface area contributed by atoms with E-state index in [0.29, 0.717) is 12.1 Å². The van der Waals surface area contributed by atoms with Gasteiger partial charge in [0.25, 0.3) is 0 Å². The standard InChI is InChI=1S/C14H13N3O/c1-16-6-5-13(15-16)9-17-7-4-12-3-2-11(10-18)8-14(12)17/h2-8,10H,9H2,1H3. The zero-order chi connectivity index (χ0) is 12.5. The molecule has 0 amide bonds. The molecule has 3 aromatic rings. The number of aromatic nitrogens is 3. The molecule has 0 atom stereocenters. The van der Waals surface area contributed by atoms with E-state index in [0.717, 1.165) is 22.9 Å². The summed E-state index contributed by atoms with van der Waals surface area (Å²) in [5.41, 5.74) is 2.76. The summed E-state index contributed by atoms with van der Waals surface area (Å²) >= 11 is 0. The molecule has 3 rings (SSSR count). The summed E-state index contributed by atoms with van der Waals surface area (Å²) in [7, 11) is 1.90. The number of aryl methyl sites for hydroxylation is 1. The lowest BCUT2D eigenvalue weighted by Gasteiger charge is -2.03. The maximum atomic E-state index is 10.8. The van der Waals surface area contributed by atoms with E-state index in [4.69, 9.17) is 0 Å². The molecule has 0 aliphatic rings. The number of carbonyl (C=O) groups is 1. The molecule has 0 aliphatic carbocycles. The van der Waals surface area contributed by atoms with Gasteiger partial charge in [-0.1, -0.05) is 12.1 Å². The Kier molecular flexibility index (Phi) is 2.48. The molecule has 0 radical (unpaired) electrons. The van der Waals surface area contributed by atoms with Crippen molar-refractivity contribution in [1.29, 1.82) is 0 Å². The number of rotatable bonds is 3. The fraction of sp³-hybridized carbons (Fsp3) is 0.143. The van der Waals surface area contributed by atoms with Crippen molar-refractivity contribution in [3.05, 3.63) is 54.0 Å². The predicted octanol–water partition coefficient (Wildman–Crippen LogP) is 2.24. The molecule has 0 aliphatic heterocycles. The first-order valence-corrected chi connectivity index (χ1v) is 5.79. The lowest BCUT2D eigenvalue weighted by atomic mass is 10.2. The average molecular weight is 239 g/mol. The van der Waals surface area contributed by atoms with Crippen LogP contribution in [0.15, 0.2) is 42.7 Å². The summed E-state index contributed by atoms with van der Waals surface area (Å²) < 4.78 is 3.89. The molecule has 0 spiro atoms. The van der Waals surface area contributed by atoms with E-state index in [2.05, 4.69) is 9.67 Å². The summed E-state index contributed by atoms with van der Waals surface area (Å²) in [6.07, 6.45) is 4.82. The molecule has 0 saturated heterocycles. The highest BCUT2D eigenvalue weighted by Crippen LogP contribution is 2.18. The lowest BCUT2D eigenvalue weighted by Crippen LogP contribution is -2.00. The maximum absolute atomic E-state index is 10.8. The van der Waals surface area contributed by atoms with Gasteiger partial charge < -0.3 is 4.57 Å². The van der Waals surface area contributed by atoms with Gasteiger partial charge in [0.2, 0.25) is 0 Å². The van der Waals surface area contributed by atoms with Crippen molar-refractivity contribution in [1.82, 2.24) is 14.3 Å². The molecular formula is C14H13N3O. The Morgan fingerprint density at radius 1 is 1.22 bits per heavy atom. The first-order chi connectivity index (χ1) is 8.76. The minimum atomic E-state index is 0.698. The Labute approximate surface area is 104 Å². The van der Waals surface area contributed by atoms with Gasteiger partial charge >= 0.3 is 0 Å². The number of aldehydes is 1. The topological polar surface area (TPSA) is 39.8 Å². The Morgan fingerprint density at radius 2 is 2.11 bits per heavy atom. The SMILES string of the molecule is Cn1ccc(Cn2ccc3ccc(C=O)cc32)n1. The first kappa shape index (κ1) is 10.8. The normalized spacial score (nSPS) is 10.9. The Bertz CT molecular complexity index is 709. The Hall–Kier alpha value is -2.36. The van der Waals surface area contributed by atoms with E-state index < -0.39 is 0 Å². The number of carbonyl (C=O) groups excluding carboxylic acids is 1. The van der Waals surface area contributed by atoms with E-state index in [9.17, 15) is 4.79 Å². The number of benzene rings is 1. The summed E-state index contributed by atoms with van der Waals surface area (Å²) in [5.74, 6) is 0. The van der Waals surface area contributed by atoms with Crippen LogP contribution in [-0.4, -0.2) is 20.6 Å². The number of fused-ring (bicyclic) bond motifs is 1. The van der Waals surface area contributed by atoms with Crippen LogP contribution < -0.4 is 0 Å². The second kappa shape index (κ2) is 4.14. The molecule has 0 fully saturated rings. The third-order valence-corrected chi connectivity index (χ3v) is 3.04. The summed E-state index contributed by atoms with van der Waals surface area (Å²) in [5, 5.41) is 5.50. The van der Waals surface area contributed by atoms with Crippen molar-refractivity contribution in [3.63, 3.8) is 0 Å². The van der Waals surface area contributed by atoms with E-state index in [1.54, 1.807) is 4.68 Å². The first-order valence-electron chi connectivity index (χ1n) is 5.79. The van der Waals surface area contributed by atoms with Gasteiger partial charge in [0.15, 0.2) is 0 Å². The van der Waals surface area contributed by atoms with Crippen molar-refractivity contribution < 1.29 is 4.79 Å². The second-order valence-corrected chi connectivity index (χ2v) is 4.36. The van der Waals surface area contributed by atoms with Crippen LogP contribution in [0.2, 0.25) is 0 Å². The molecule has 2 aromatic heterocycles. The van der Waals surface area contributed by atoms with Crippen LogP contribution in [0.25, 0.3) is 10.9 Å². The zero-order valence-corrected chi connectivity index (χ0v) is 10.1. The van der Waals surface area contributed by atoms with Gasteiger partial charge in [0.05, 0.1) is 12.2 Å². The van der Waals surface area contributed by atoms with Crippen LogP contribution in [0.4, 0.5) is 0 Å². The molecule has 0 unspecified atom stereocenters. The summed E-state index contributed by atoms with van der Waals surface area (Å²) in [6.45, 7) is 0.715. The summed E-state index contributed by atoms with van der Waals surface area (Å²) in [6, 6.07) is 9.75. The van der Waals surface area contributed by atoms with E-state index >= 15 is 0 Å². The minimum Gasteiger partial charge on any atom is -0.341 e. The fourth-order valence-electron chi connectivity index (χ4n) is 2.13. The smallest absolute Gasteiger partial charge is 0.150 e. The number of hydrogen-bond donors (Lipinski definition) is 0. The largest absolute Gasteiger partial charge is 0.341 e. The maximum Gasteiger partial charge on any atom is 0.150 e. The number of nitrogens with zero attached hydrogens (tertiary/aromatic N) is 3. The van der Waals surface area contributed by atoms with Gasteiger partial charge in [-0.2, -0.15) is 5.10 Å². The van der Waals surface area contributed by atoms with Crippen LogP contribution >= 0.6 is 0 Å². The molecule has 2 heterocycles. The molecule has 0 N–H and O–H groups in total. The van der Waals surface area contributed by atoms with Crippen LogP contribution in [0.1, 0.15) is 16.1 Å². The van der Waals surface area contributed by atoms with E-state index in [-0.39, 0.29) is 0 Å². The Balaban J connectivity index is 2.03.